The Bertz CT molecular complexity index is 1050. The normalized spacial score (nSPS) is 10.9. The van der Waals surface area contributed by atoms with Crippen molar-refractivity contribution in [1.82, 2.24) is 14.6 Å². The van der Waals surface area contributed by atoms with Gasteiger partial charge in [-0.25, -0.2) is 4.52 Å². The summed E-state index contributed by atoms with van der Waals surface area (Å²) in [6, 6.07) is 17.7. The van der Waals surface area contributed by atoms with Crippen molar-refractivity contribution in [3.05, 3.63) is 77.5 Å². The van der Waals surface area contributed by atoms with E-state index in [9.17, 15) is 4.79 Å². The van der Waals surface area contributed by atoms with E-state index < -0.39 is 0 Å². The van der Waals surface area contributed by atoms with Crippen LogP contribution in [0, 0.1) is 0 Å². The summed E-state index contributed by atoms with van der Waals surface area (Å²) in [5.41, 5.74) is 4.16. The molecule has 0 unspecified atom stereocenters. The fraction of sp³-hybridized carbons (Fsp3) is 0.0526. The number of aromatic amines is 1. The number of aromatic nitrogens is 3. The highest BCUT2D eigenvalue weighted by Gasteiger charge is 2.17. The summed E-state index contributed by atoms with van der Waals surface area (Å²) in [6.07, 6.45) is 3.29. The van der Waals surface area contributed by atoms with Crippen LogP contribution in [0.1, 0.15) is 0 Å². The lowest BCUT2D eigenvalue weighted by Gasteiger charge is -2.06. The molecule has 5 heteroatoms. The zero-order chi connectivity index (χ0) is 16.5. The molecule has 0 fully saturated rings. The van der Waals surface area contributed by atoms with Crippen molar-refractivity contribution in [2.24, 2.45) is 0 Å². The molecule has 0 aliphatic heterocycles. The maximum Gasteiger partial charge on any atom is 0.275 e. The molecular weight excluding hydrogens is 302 g/mol. The first-order chi connectivity index (χ1) is 11.8. The van der Waals surface area contributed by atoms with Crippen LogP contribution in [0.5, 0.6) is 5.75 Å². The quantitative estimate of drug-likeness (QED) is 0.630. The molecule has 4 aromatic rings. The zero-order valence-corrected chi connectivity index (χ0v) is 13.1. The van der Waals surface area contributed by atoms with Crippen LogP contribution in [0.4, 0.5) is 0 Å². The molecule has 2 heterocycles. The summed E-state index contributed by atoms with van der Waals surface area (Å²) in [7, 11) is 1.63. The molecule has 0 aliphatic rings. The van der Waals surface area contributed by atoms with Crippen molar-refractivity contribution < 1.29 is 4.74 Å². The number of nitrogens with one attached hydrogen (secondary N) is 1. The van der Waals surface area contributed by atoms with E-state index in [1.165, 1.54) is 6.33 Å². The Morgan fingerprint density at radius 3 is 2.46 bits per heavy atom. The molecule has 0 atom stereocenters. The maximum absolute atomic E-state index is 12.4. The Morgan fingerprint density at radius 1 is 1.00 bits per heavy atom. The van der Waals surface area contributed by atoms with Gasteiger partial charge < -0.3 is 9.72 Å². The second-order valence-electron chi connectivity index (χ2n) is 5.42. The van der Waals surface area contributed by atoms with Gasteiger partial charge in [0.1, 0.15) is 17.6 Å². The Labute approximate surface area is 138 Å². The lowest BCUT2D eigenvalue weighted by atomic mass is 9.98. The molecule has 0 radical (unpaired) electrons. The molecule has 0 spiro atoms. The summed E-state index contributed by atoms with van der Waals surface area (Å²) >= 11 is 0. The second kappa shape index (κ2) is 5.70. The molecule has 0 aliphatic carbocycles. The summed E-state index contributed by atoms with van der Waals surface area (Å²) in [4.78, 5) is 15.1. The monoisotopic (exact) mass is 317 g/mol. The van der Waals surface area contributed by atoms with Gasteiger partial charge in [-0.3, -0.25) is 4.79 Å². The molecule has 0 saturated carbocycles. The number of fused-ring (bicyclic) bond motifs is 1. The fourth-order valence-electron chi connectivity index (χ4n) is 2.91. The van der Waals surface area contributed by atoms with E-state index in [1.807, 2.05) is 60.8 Å². The van der Waals surface area contributed by atoms with E-state index in [2.05, 4.69) is 10.1 Å². The first kappa shape index (κ1) is 14.3. The number of benzene rings is 2. The minimum Gasteiger partial charge on any atom is -0.497 e. The van der Waals surface area contributed by atoms with E-state index in [0.717, 1.165) is 28.0 Å². The number of methoxy groups -OCH3 is 1. The van der Waals surface area contributed by atoms with Crippen molar-refractivity contribution in [2.45, 2.75) is 0 Å². The number of ether oxygens (including phenoxy) is 1. The highest BCUT2D eigenvalue weighted by Crippen LogP contribution is 2.36. The fourth-order valence-corrected chi connectivity index (χ4v) is 2.91. The third-order valence-corrected chi connectivity index (χ3v) is 4.04. The van der Waals surface area contributed by atoms with Crippen LogP contribution < -0.4 is 10.3 Å². The lowest BCUT2D eigenvalue weighted by Crippen LogP contribution is -2.10. The molecule has 1 N–H and O–H groups in total. The van der Waals surface area contributed by atoms with Crippen LogP contribution in [0.2, 0.25) is 0 Å². The lowest BCUT2D eigenvalue weighted by molar-refractivity contribution is 0.415. The van der Waals surface area contributed by atoms with Gasteiger partial charge in [0, 0.05) is 17.3 Å². The smallest absolute Gasteiger partial charge is 0.275 e. The topological polar surface area (TPSA) is 59.4 Å². The second-order valence-corrected chi connectivity index (χ2v) is 5.42. The number of hydrogen-bond donors (Lipinski definition) is 1. The van der Waals surface area contributed by atoms with Gasteiger partial charge in [0.2, 0.25) is 0 Å². The van der Waals surface area contributed by atoms with E-state index in [1.54, 1.807) is 11.6 Å². The number of rotatable bonds is 3. The number of H-pyrrole nitrogens is 1. The Balaban J connectivity index is 2.05. The van der Waals surface area contributed by atoms with E-state index in [-0.39, 0.29) is 5.56 Å². The molecular formula is C19H15N3O2. The van der Waals surface area contributed by atoms with Gasteiger partial charge in [0.05, 0.1) is 7.11 Å². The molecule has 0 amide bonds. The maximum atomic E-state index is 12.4. The standard InChI is InChI=1S/C19H15N3O2/c1-24-15-9-7-14(8-10-15)17-16(13-5-3-2-4-6-13)11-22-18(17)19(23)20-12-21-22/h2-12H,1H3,(H,20,21,23). The van der Waals surface area contributed by atoms with Gasteiger partial charge >= 0.3 is 0 Å². The molecule has 4 rings (SSSR count). The van der Waals surface area contributed by atoms with Crippen LogP contribution in [0.3, 0.4) is 0 Å². The zero-order valence-electron chi connectivity index (χ0n) is 13.1. The van der Waals surface area contributed by atoms with E-state index >= 15 is 0 Å². The van der Waals surface area contributed by atoms with Crippen molar-refractivity contribution in [1.29, 1.82) is 0 Å². The predicted octanol–water partition coefficient (Wildman–Crippen LogP) is 3.37. The largest absolute Gasteiger partial charge is 0.497 e. The van der Waals surface area contributed by atoms with Gasteiger partial charge in [-0.15, -0.1) is 0 Å². The van der Waals surface area contributed by atoms with Gasteiger partial charge in [-0.2, -0.15) is 5.10 Å². The summed E-state index contributed by atoms with van der Waals surface area (Å²) in [6.45, 7) is 0. The first-order valence-corrected chi connectivity index (χ1v) is 7.57. The summed E-state index contributed by atoms with van der Waals surface area (Å²) in [5, 5.41) is 4.24. The van der Waals surface area contributed by atoms with Crippen LogP contribution in [0.15, 0.2) is 71.9 Å². The average molecular weight is 317 g/mol. The van der Waals surface area contributed by atoms with Crippen molar-refractivity contribution in [3.63, 3.8) is 0 Å². The molecule has 5 nitrogen and oxygen atoms in total. The minimum atomic E-state index is -0.169. The molecule has 2 aromatic carbocycles. The third kappa shape index (κ3) is 2.27. The molecule has 0 saturated heterocycles. The van der Waals surface area contributed by atoms with Crippen molar-refractivity contribution in [3.8, 4) is 28.0 Å². The van der Waals surface area contributed by atoms with Crippen molar-refractivity contribution >= 4 is 5.52 Å². The first-order valence-electron chi connectivity index (χ1n) is 7.57. The van der Waals surface area contributed by atoms with Gasteiger partial charge in [0.15, 0.2) is 0 Å². The van der Waals surface area contributed by atoms with Gasteiger partial charge in [0.25, 0.3) is 5.56 Å². The van der Waals surface area contributed by atoms with Crippen LogP contribution in [0.25, 0.3) is 27.8 Å². The van der Waals surface area contributed by atoms with Crippen LogP contribution in [-0.2, 0) is 0 Å². The third-order valence-electron chi connectivity index (χ3n) is 4.04. The van der Waals surface area contributed by atoms with Gasteiger partial charge in [-0.05, 0) is 23.3 Å². The summed E-state index contributed by atoms with van der Waals surface area (Å²) in [5.74, 6) is 0.774. The molecule has 118 valence electrons. The molecule has 2 aromatic heterocycles. The molecule has 24 heavy (non-hydrogen) atoms. The Hall–Kier alpha value is -3.34. The molecule has 0 bridgehead atoms. The Morgan fingerprint density at radius 2 is 1.75 bits per heavy atom. The van der Waals surface area contributed by atoms with E-state index in [4.69, 9.17) is 4.74 Å². The highest BCUT2D eigenvalue weighted by atomic mass is 16.5. The minimum absolute atomic E-state index is 0.169. The highest BCUT2D eigenvalue weighted by molar-refractivity contribution is 5.94. The number of nitrogens with zero attached hydrogens (tertiary/aromatic N) is 2. The Kier molecular flexibility index (Phi) is 3.39. The van der Waals surface area contributed by atoms with Crippen LogP contribution >= 0.6 is 0 Å². The number of hydrogen-bond acceptors (Lipinski definition) is 3. The summed E-state index contributed by atoms with van der Waals surface area (Å²) < 4.78 is 6.85. The van der Waals surface area contributed by atoms with E-state index in [0.29, 0.717) is 5.52 Å². The van der Waals surface area contributed by atoms with Gasteiger partial charge in [-0.1, -0.05) is 42.5 Å². The van der Waals surface area contributed by atoms with Crippen molar-refractivity contribution in [2.75, 3.05) is 7.11 Å². The van der Waals surface area contributed by atoms with Crippen LogP contribution in [-0.4, -0.2) is 21.7 Å². The SMILES string of the molecule is COc1ccc(-c2c(-c3ccccc3)cn3nc[nH]c(=O)c23)cc1. The predicted molar refractivity (Wildman–Crippen MR) is 93.2 cm³/mol. The average Bonchev–Trinajstić information content (AvgIpc) is 3.03.